The molecule has 2 aromatic rings. The van der Waals surface area contributed by atoms with Crippen molar-refractivity contribution in [2.24, 2.45) is 0 Å². The van der Waals surface area contributed by atoms with Gasteiger partial charge in [0.2, 0.25) is 0 Å². The lowest BCUT2D eigenvalue weighted by atomic mass is 10.1. The number of fused-ring (bicyclic) bond motifs is 1. The molecule has 0 bridgehead atoms. The van der Waals surface area contributed by atoms with E-state index in [0.29, 0.717) is 12.6 Å². The minimum atomic E-state index is -0.740. The lowest BCUT2D eigenvalue weighted by Gasteiger charge is -2.29. The quantitative estimate of drug-likeness (QED) is 0.825. The Morgan fingerprint density at radius 3 is 2.76 bits per heavy atom. The molecule has 0 saturated carbocycles. The lowest BCUT2D eigenvalue weighted by Crippen LogP contribution is -2.39. The summed E-state index contributed by atoms with van der Waals surface area (Å²) in [5.41, 5.74) is 0.418. The van der Waals surface area contributed by atoms with Gasteiger partial charge < -0.3 is 15.3 Å². The highest BCUT2D eigenvalue weighted by Crippen LogP contribution is 2.26. The third-order valence-corrected chi connectivity index (χ3v) is 4.03. The first kappa shape index (κ1) is 16.3. The van der Waals surface area contributed by atoms with Crippen LogP contribution in [0.15, 0.2) is 11.6 Å². The monoisotopic (exact) mass is 310 g/mol. The number of rotatable bonds is 7. The maximum absolute atomic E-state index is 10.1. The molecule has 0 atom stereocenters. The predicted octanol–water partition coefficient (Wildman–Crippen LogP) is 2.49. The van der Waals surface area contributed by atoms with E-state index >= 15 is 0 Å². The molecule has 0 radical (unpaired) electrons. The second-order valence-electron chi connectivity index (χ2n) is 6.30. The topological polar surface area (TPSA) is 52.8 Å². The number of nitrogens with zero attached hydrogens (tertiary/aromatic N) is 3. The van der Waals surface area contributed by atoms with Gasteiger partial charge in [-0.25, -0.2) is 4.98 Å². The summed E-state index contributed by atoms with van der Waals surface area (Å²) in [5.74, 6) is 0.972. The van der Waals surface area contributed by atoms with Gasteiger partial charge in [-0.1, -0.05) is 13.8 Å². The summed E-state index contributed by atoms with van der Waals surface area (Å²) < 4.78 is 2.14. The van der Waals surface area contributed by atoms with Gasteiger partial charge >= 0.3 is 0 Å². The fourth-order valence-electron chi connectivity index (χ4n) is 2.34. The van der Waals surface area contributed by atoms with E-state index in [2.05, 4.69) is 47.0 Å². The number of aromatic nitrogens is 2. The van der Waals surface area contributed by atoms with E-state index in [4.69, 9.17) is 4.98 Å². The molecule has 0 aliphatic rings. The van der Waals surface area contributed by atoms with Gasteiger partial charge in [0.15, 0.2) is 10.8 Å². The van der Waals surface area contributed by atoms with Crippen LogP contribution in [0.25, 0.3) is 4.96 Å². The van der Waals surface area contributed by atoms with Gasteiger partial charge in [0.1, 0.15) is 0 Å². The summed E-state index contributed by atoms with van der Waals surface area (Å²) in [6, 6.07) is 0.423. The Balaban J connectivity index is 2.36. The van der Waals surface area contributed by atoms with E-state index in [9.17, 15) is 5.11 Å². The van der Waals surface area contributed by atoms with Gasteiger partial charge in [-0.2, -0.15) is 0 Å². The fourth-order valence-corrected chi connectivity index (χ4v) is 3.07. The van der Waals surface area contributed by atoms with Crippen molar-refractivity contribution in [3.63, 3.8) is 0 Å². The summed E-state index contributed by atoms with van der Waals surface area (Å²) in [6.07, 6.45) is 2.06. The summed E-state index contributed by atoms with van der Waals surface area (Å²) in [4.78, 5) is 7.91. The molecule has 5 nitrogen and oxygen atoms in total. The molecule has 2 N–H and O–H groups in total. The minimum absolute atomic E-state index is 0.423. The maximum atomic E-state index is 10.1. The van der Waals surface area contributed by atoms with E-state index in [1.807, 2.05) is 13.8 Å². The van der Waals surface area contributed by atoms with Crippen molar-refractivity contribution in [2.45, 2.75) is 52.8 Å². The number of aliphatic hydroxyl groups is 1. The molecule has 21 heavy (non-hydrogen) atoms. The van der Waals surface area contributed by atoms with Crippen LogP contribution in [0.3, 0.4) is 0 Å². The molecule has 2 heterocycles. The van der Waals surface area contributed by atoms with Crippen LogP contribution in [0.5, 0.6) is 0 Å². The van der Waals surface area contributed by atoms with E-state index in [-0.39, 0.29) is 0 Å². The molecule has 0 aliphatic heterocycles. The number of hydrogen-bond acceptors (Lipinski definition) is 5. The molecule has 0 amide bonds. The highest BCUT2D eigenvalue weighted by Gasteiger charge is 2.23. The summed E-state index contributed by atoms with van der Waals surface area (Å²) in [6.45, 7) is 12.2. The number of anilines is 1. The van der Waals surface area contributed by atoms with Crippen LogP contribution in [0.1, 0.15) is 40.3 Å². The molecule has 0 aromatic carbocycles. The average molecular weight is 310 g/mol. The number of hydrogen-bond donors (Lipinski definition) is 2. The highest BCUT2D eigenvalue weighted by molar-refractivity contribution is 7.15. The molecule has 118 valence electrons. The smallest absolute Gasteiger partial charge is 0.195 e. The van der Waals surface area contributed by atoms with Crippen LogP contribution >= 0.6 is 11.3 Å². The van der Waals surface area contributed by atoms with Crippen LogP contribution in [-0.2, 0) is 6.54 Å². The average Bonchev–Trinajstić information content (AvgIpc) is 2.92. The molecule has 6 heteroatoms. The van der Waals surface area contributed by atoms with Gasteiger partial charge in [-0.3, -0.25) is 4.40 Å². The first-order valence-electron chi connectivity index (χ1n) is 7.47. The van der Waals surface area contributed by atoms with Crippen molar-refractivity contribution in [1.29, 1.82) is 0 Å². The van der Waals surface area contributed by atoms with Gasteiger partial charge in [0, 0.05) is 37.3 Å². The normalized spacial score (nSPS) is 12.5. The van der Waals surface area contributed by atoms with E-state index in [0.717, 1.165) is 29.6 Å². The van der Waals surface area contributed by atoms with Crippen LogP contribution < -0.4 is 10.2 Å². The zero-order valence-electron chi connectivity index (χ0n) is 13.6. The molecular formula is C15H26N4OS. The summed E-state index contributed by atoms with van der Waals surface area (Å²) >= 11 is 1.64. The number of nitrogens with one attached hydrogen (secondary N) is 1. The second-order valence-corrected chi connectivity index (χ2v) is 7.17. The van der Waals surface area contributed by atoms with E-state index in [1.54, 1.807) is 11.3 Å². The minimum Gasteiger partial charge on any atom is -0.389 e. The SMILES string of the molecule is CCN(CC(C)(C)O)c1nc2sccn2c1CNC(C)C. The predicted molar refractivity (Wildman–Crippen MR) is 89.2 cm³/mol. The number of likely N-dealkylation sites (N-methyl/N-ethyl adjacent to an activating group) is 1. The molecule has 2 rings (SSSR count). The van der Waals surface area contributed by atoms with E-state index < -0.39 is 5.60 Å². The third-order valence-electron chi connectivity index (χ3n) is 3.28. The van der Waals surface area contributed by atoms with Crippen molar-refractivity contribution in [3.05, 3.63) is 17.3 Å². The number of thiazole rings is 1. The largest absolute Gasteiger partial charge is 0.389 e. The molecule has 2 aromatic heterocycles. The van der Waals surface area contributed by atoms with Crippen molar-refractivity contribution in [1.82, 2.24) is 14.7 Å². The van der Waals surface area contributed by atoms with Gasteiger partial charge in [-0.15, -0.1) is 11.3 Å². The van der Waals surface area contributed by atoms with Crippen LogP contribution in [0.2, 0.25) is 0 Å². The summed E-state index contributed by atoms with van der Waals surface area (Å²) in [5, 5.41) is 15.6. The van der Waals surface area contributed by atoms with Crippen molar-refractivity contribution < 1.29 is 5.11 Å². The molecule has 0 unspecified atom stereocenters. The standard InChI is InChI=1S/C15H26N4OS/c1-6-18(10-15(4,5)20)13-12(9-16-11(2)3)19-7-8-21-14(19)17-13/h7-8,11,16,20H,6,9-10H2,1-5H3. The Morgan fingerprint density at radius 2 is 2.19 bits per heavy atom. The fraction of sp³-hybridized carbons (Fsp3) is 0.667. The molecule has 0 aliphatic carbocycles. The van der Waals surface area contributed by atoms with Crippen LogP contribution in [0.4, 0.5) is 5.82 Å². The Labute approximate surface area is 130 Å². The van der Waals surface area contributed by atoms with Crippen LogP contribution in [-0.4, -0.2) is 39.2 Å². The lowest BCUT2D eigenvalue weighted by molar-refractivity contribution is 0.0874. The van der Waals surface area contributed by atoms with E-state index in [1.165, 1.54) is 0 Å². The maximum Gasteiger partial charge on any atom is 0.195 e. The molecule has 0 saturated heterocycles. The van der Waals surface area contributed by atoms with Crippen molar-refractivity contribution in [3.8, 4) is 0 Å². The Hall–Kier alpha value is -1.11. The highest BCUT2D eigenvalue weighted by atomic mass is 32.1. The van der Waals surface area contributed by atoms with Crippen LogP contribution in [0, 0.1) is 0 Å². The molecular weight excluding hydrogens is 284 g/mol. The van der Waals surface area contributed by atoms with Crippen molar-refractivity contribution >= 4 is 22.1 Å². The first-order chi connectivity index (χ1) is 9.81. The Kier molecular flexibility index (Phi) is 4.91. The third kappa shape index (κ3) is 3.96. The second kappa shape index (κ2) is 6.34. The zero-order valence-corrected chi connectivity index (χ0v) is 14.4. The van der Waals surface area contributed by atoms with Gasteiger partial charge in [0.25, 0.3) is 0 Å². The molecule has 0 spiro atoms. The van der Waals surface area contributed by atoms with Crippen molar-refractivity contribution in [2.75, 3.05) is 18.0 Å². The van der Waals surface area contributed by atoms with Gasteiger partial charge in [-0.05, 0) is 20.8 Å². The number of imidazole rings is 1. The summed E-state index contributed by atoms with van der Waals surface area (Å²) in [7, 11) is 0. The molecule has 0 fully saturated rings. The first-order valence-corrected chi connectivity index (χ1v) is 8.35. The zero-order chi connectivity index (χ0) is 15.6. The Morgan fingerprint density at radius 1 is 1.48 bits per heavy atom. The van der Waals surface area contributed by atoms with Gasteiger partial charge in [0.05, 0.1) is 11.3 Å². The Bertz CT molecular complexity index is 582.